The van der Waals surface area contributed by atoms with E-state index in [1.807, 2.05) is 13.0 Å². The Hall–Kier alpha value is -1.06. The van der Waals surface area contributed by atoms with Gasteiger partial charge in [0.1, 0.15) is 0 Å². The highest BCUT2D eigenvalue weighted by Gasteiger charge is 2.28. The highest BCUT2D eigenvalue weighted by atomic mass is 35.5. The van der Waals surface area contributed by atoms with Crippen LogP contribution in [0, 0.1) is 6.92 Å². The first kappa shape index (κ1) is 14.0. The predicted molar refractivity (Wildman–Crippen MR) is 69.4 cm³/mol. The molecule has 0 bridgehead atoms. The number of amides is 1. The number of rotatable bonds is 3. The first-order valence-electron chi connectivity index (χ1n) is 5.45. The summed E-state index contributed by atoms with van der Waals surface area (Å²) in [7, 11) is 1.66. The van der Waals surface area contributed by atoms with Gasteiger partial charge in [-0.15, -0.1) is 0 Å². The van der Waals surface area contributed by atoms with Gasteiger partial charge in [-0.05, 0) is 38.5 Å². The van der Waals surface area contributed by atoms with Gasteiger partial charge in [-0.1, -0.05) is 17.7 Å². The molecule has 0 spiro atoms. The summed E-state index contributed by atoms with van der Waals surface area (Å²) in [5, 5.41) is 9.69. The molecular formula is C13H18ClNO2. The van der Waals surface area contributed by atoms with Crippen molar-refractivity contribution in [1.29, 1.82) is 0 Å². The number of aliphatic hydroxyl groups is 1. The van der Waals surface area contributed by atoms with Crippen molar-refractivity contribution in [2.75, 3.05) is 13.7 Å². The van der Waals surface area contributed by atoms with Crippen LogP contribution < -0.4 is 0 Å². The maximum absolute atomic E-state index is 12.2. The van der Waals surface area contributed by atoms with Gasteiger partial charge in [0.2, 0.25) is 0 Å². The summed E-state index contributed by atoms with van der Waals surface area (Å²) < 4.78 is 0. The zero-order valence-corrected chi connectivity index (χ0v) is 11.4. The molecule has 0 saturated heterocycles. The van der Waals surface area contributed by atoms with Gasteiger partial charge in [-0.3, -0.25) is 4.79 Å². The number of benzene rings is 1. The van der Waals surface area contributed by atoms with Gasteiger partial charge >= 0.3 is 0 Å². The number of nitrogens with zero attached hydrogens (tertiary/aromatic N) is 1. The van der Waals surface area contributed by atoms with E-state index in [2.05, 4.69) is 0 Å². The van der Waals surface area contributed by atoms with E-state index in [0.717, 1.165) is 5.56 Å². The van der Waals surface area contributed by atoms with Crippen LogP contribution in [0.5, 0.6) is 0 Å². The largest absolute Gasteiger partial charge is 0.394 e. The second kappa shape index (κ2) is 5.07. The molecule has 17 heavy (non-hydrogen) atoms. The van der Waals surface area contributed by atoms with Crippen LogP contribution in [0.25, 0.3) is 0 Å². The molecule has 4 heteroatoms. The molecule has 1 amide bonds. The highest BCUT2D eigenvalue weighted by Crippen LogP contribution is 2.22. The number of carbonyl (C=O) groups excluding carboxylic acids is 1. The molecule has 0 aliphatic rings. The summed E-state index contributed by atoms with van der Waals surface area (Å²) in [6.07, 6.45) is 0. The van der Waals surface area contributed by atoms with Crippen LogP contribution in [0.4, 0.5) is 0 Å². The average molecular weight is 256 g/mol. The Morgan fingerprint density at radius 1 is 1.47 bits per heavy atom. The van der Waals surface area contributed by atoms with Crippen LogP contribution in [0.15, 0.2) is 18.2 Å². The summed E-state index contributed by atoms with van der Waals surface area (Å²) in [4.78, 5) is 13.7. The minimum Gasteiger partial charge on any atom is -0.394 e. The molecular weight excluding hydrogens is 238 g/mol. The zero-order chi connectivity index (χ0) is 13.2. The zero-order valence-electron chi connectivity index (χ0n) is 10.6. The fourth-order valence-corrected chi connectivity index (χ4v) is 1.67. The predicted octanol–water partition coefficient (Wildman–Crippen LogP) is 2.49. The summed E-state index contributed by atoms with van der Waals surface area (Å²) in [6.45, 7) is 5.42. The fourth-order valence-electron chi connectivity index (χ4n) is 1.36. The van der Waals surface area contributed by atoms with E-state index in [4.69, 9.17) is 11.6 Å². The number of aliphatic hydroxyl groups excluding tert-OH is 1. The van der Waals surface area contributed by atoms with Gasteiger partial charge in [0.15, 0.2) is 0 Å². The third-order valence-electron chi connectivity index (χ3n) is 2.95. The third-order valence-corrected chi connectivity index (χ3v) is 3.27. The molecule has 0 aliphatic heterocycles. The van der Waals surface area contributed by atoms with Crippen LogP contribution >= 0.6 is 11.6 Å². The number of hydrogen-bond donors (Lipinski definition) is 1. The topological polar surface area (TPSA) is 40.5 Å². The molecule has 1 N–H and O–H groups in total. The summed E-state index contributed by atoms with van der Waals surface area (Å²) >= 11 is 6.05. The Labute approximate surface area is 107 Å². The Bertz CT molecular complexity index is 429. The molecule has 1 aromatic rings. The van der Waals surface area contributed by atoms with Crippen LogP contribution in [-0.4, -0.2) is 35.1 Å². The van der Waals surface area contributed by atoms with E-state index in [0.29, 0.717) is 10.6 Å². The Morgan fingerprint density at radius 3 is 2.53 bits per heavy atom. The van der Waals surface area contributed by atoms with Crippen molar-refractivity contribution in [2.45, 2.75) is 26.3 Å². The van der Waals surface area contributed by atoms with E-state index >= 15 is 0 Å². The molecule has 1 aromatic carbocycles. The molecule has 0 fully saturated rings. The van der Waals surface area contributed by atoms with Crippen LogP contribution in [0.1, 0.15) is 29.8 Å². The van der Waals surface area contributed by atoms with E-state index < -0.39 is 5.54 Å². The highest BCUT2D eigenvalue weighted by molar-refractivity contribution is 6.33. The quantitative estimate of drug-likeness (QED) is 0.902. The van der Waals surface area contributed by atoms with E-state index in [9.17, 15) is 9.90 Å². The molecule has 0 aromatic heterocycles. The Kier molecular flexibility index (Phi) is 4.17. The van der Waals surface area contributed by atoms with Gasteiger partial charge in [0, 0.05) is 7.05 Å². The summed E-state index contributed by atoms with van der Waals surface area (Å²) in [6, 6.07) is 5.32. The molecule has 0 unspecified atom stereocenters. The molecule has 0 heterocycles. The lowest BCUT2D eigenvalue weighted by molar-refractivity contribution is 0.0473. The lowest BCUT2D eigenvalue weighted by atomic mass is 10.0. The van der Waals surface area contributed by atoms with Crippen molar-refractivity contribution >= 4 is 17.5 Å². The lowest BCUT2D eigenvalue weighted by Crippen LogP contribution is -2.47. The van der Waals surface area contributed by atoms with Crippen molar-refractivity contribution in [3.8, 4) is 0 Å². The van der Waals surface area contributed by atoms with E-state index in [-0.39, 0.29) is 12.5 Å². The van der Waals surface area contributed by atoms with Crippen molar-refractivity contribution < 1.29 is 9.90 Å². The van der Waals surface area contributed by atoms with Gasteiger partial charge in [-0.25, -0.2) is 0 Å². The SMILES string of the molecule is Cc1ccc(C(=O)N(C)C(C)(C)CO)c(Cl)c1. The number of likely N-dealkylation sites (N-methyl/N-ethyl adjacent to an activating group) is 1. The van der Waals surface area contributed by atoms with Gasteiger partial charge in [-0.2, -0.15) is 0 Å². The van der Waals surface area contributed by atoms with Gasteiger partial charge in [0.05, 0.1) is 22.7 Å². The van der Waals surface area contributed by atoms with Crippen LogP contribution in [0.2, 0.25) is 5.02 Å². The fraction of sp³-hybridized carbons (Fsp3) is 0.462. The number of aryl methyl sites for hydroxylation is 1. The van der Waals surface area contributed by atoms with Gasteiger partial charge < -0.3 is 10.0 Å². The van der Waals surface area contributed by atoms with Crippen molar-refractivity contribution in [3.63, 3.8) is 0 Å². The summed E-state index contributed by atoms with van der Waals surface area (Å²) in [5.74, 6) is -0.186. The normalized spacial score (nSPS) is 11.4. The number of carbonyl (C=O) groups is 1. The molecule has 0 radical (unpaired) electrons. The molecule has 3 nitrogen and oxygen atoms in total. The van der Waals surface area contributed by atoms with Crippen molar-refractivity contribution in [2.24, 2.45) is 0 Å². The van der Waals surface area contributed by atoms with Crippen molar-refractivity contribution in [1.82, 2.24) is 4.90 Å². The summed E-state index contributed by atoms with van der Waals surface area (Å²) in [5.41, 5.74) is 0.864. The van der Waals surface area contributed by atoms with Crippen LogP contribution in [-0.2, 0) is 0 Å². The average Bonchev–Trinajstić information content (AvgIpc) is 2.27. The Morgan fingerprint density at radius 2 is 2.06 bits per heavy atom. The maximum Gasteiger partial charge on any atom is 0.255 e. The maximum atomic E-state index is 12.2. The molecule has 1 rings (SSSR count). The molecule has 94 valence electrons. The number of halogens is 1. The third kappa shape index (κ3) is 2.99. The second-order valence-corrected chi connectivity index (χ2v) is 5.23. The minimum atomic E-state index is -0.606. The number of hydrogen-bond acceptors (Lipinski definition) is 2. The molecule has 0 saturated carbocycles. The molecule has 0 atom stereocenters. The lowest BCUT2D eigenvalue weighted by Gasteiger charge is -2.34. The monoisotopic (exact) mass is 255 g/mol. The van der Waals surface area contributed by atoms with E-state index in [1.54, 1.807) is 33.0 Å². The van der Waals surface area contributed by atoms with Crippen LogP contribution in [0.3, 0.4) is 0 Å². The minimum absolute atomic E-state index is 0.0985. The van der Waals surface area contributed by atoms with Gasteiger partial charge in [0.25, 0.3) is 5.91 Å². The second-order valence-electron chi connectivity index (χ2n) is 4.82. The first-order valence-corrected chi connectivity index (χ1v) is 5.82. The smallest absolute Gasteiger partial charge is 0.255 e. The Balaban J connectivity index is 3.05. The van der Waals surface area contributed by atoms with Crippen molar-refractivity contribution in [3.05, 3.63) is 34.3 Å². The molecule has 0 aliphatic carbocycles. The standard InChI is InChI=1S/C13H18ClNO2/c1-9-5-6-10(11(14)7-9)12(17)15(4)13(2,3)8-16/h5-7,16H,8H2,1-4H3. The van der Waals surface area contributed by atoms with E-state index in [1.165, 1.54) is 4.90 Å². The first-order chi connectivity index (χ1) is 7.79.